The van der Waals surface area contributed by atoms with E-state index in [-0.39, 0.29) is 11.8 Å². The van der Waals surface area contributed by atoms with Crippen molar-refractivity contribution < 1.29 is 14.6 Å². The first-order valence-electron chi connectivity index (χ1n) is 7.52. The number of nitrogens with one attached hydrogen (secondary N) is 1. The van der Waals surface area contributed by atoms with Gasteiger partial charge in [0.1, 0.15) is 5.75 Å². The molecule has 116 valence electrons. The smallest absolute Gasteiger partial charge is 0.409 e. The van der Waals surface area contributed by atoms with Crippen molar-refractivity contribution in [3.8, 4) is 5.75 Å². The molecule has 0 spiro atoms. The van der Waals surface area contributed by atoms with Gasteiger partial charge in [0, 0.05) is 30.9 Å². The lowest BCUT2D eigenvalue weighted by Gasteiger charge is -2.32. The molecule has 0 aromatic heterocycles. The van der Waals surface area contributed by atoms with E-state index in [2.05, 4.69) is 5.32 Å². The molecule has 2 rings (SSSR count). The van der Waals surface area contributed by atoms with Gasteiger partial charge in [-0.25, -0.2) is 4.79 Å². The molecule has 5 heteroatoms. The fourth-order valence-electron chi connectivity index (χ4n) is 2.37. The van der Waals surface area contributed by atoms with Crippen molar-refractivity contribution in [2.45, 2.75) is 32.7 Å². The van der Waals surface area contributed by atoms with E-state index < -0.39 is 0 Å². The second kappa shape index (κ2) is 7.20. The van der Waals surface area contributed by atoms with E-state index in [9.17, 15) is 9.90 Å². The van der Waals surface area contributed by atoms with Crippen LogP contribution in [-0.4, -0.2) is 41.8 Å². The summed E-state index contributed by atoms with van der Waals surface area (Å²) >= 11 is 0. The molecule has 1 amide bonds. The summed E-state index contributed by atoms with van der Waals surface area (Å²) in [4.78, 5) is 13.6. The standard InChI is InChI=1S/C16H24N2O3/c1-12(2)11-21-16(20)18-8-6-13(7-9-18)17-14-4-3-5-15(19)10-14/h3-5,10,12-13,17,19H,6-9,11H2,1-2H3. The predicted octanol–water partition coefficient (Wildman–Crippen LogP) is 3.06. The van der Waals surface area contributed by atoms with Crippen LogP contribution in [0.3, 0.4) is 0 Å². The molecule has 1 heterocycles. The Hall–Kier alpha value is -1.91. The van der Waals surface area contributed by atoms with E-state index >= 15 is 0 Å². The lowest BCUT2D eigenvalue weighted by Crippen LogP contribution is -2.42. The molecule has 0 aliphatic carbocycles. The summed E-state index contributed by atoms with van der Waals surface area (Å²) in [6.07, 6.45) is 1.55. The van der Waals surface area contributed by atoms with Crippen LogP contribution < -0.4 is 5.32 Å². The third-order valence-electron chi connectivity index (χ3n) is 3.51. The predicted molar refractivity (Wildman–Crippen MR) is 82.5 cm³/mol. The van der Waals surface area contributed by atoms with Crippen LogP contribution in [0.15, 0.2) is 24.3 Å². The number of ether oxygens (including phenoxy) is 1. The number of rotatable bonds is 4. The highest BCUT2D eigenvalue weighted by molar-refractivity contribution is 5.67. The van der Waals surface area contributed by atoms with E-state index in [1.54, 1.807) is 17.0 Å². The minimum Gasteiger partial charge on any atom is -0.508 e. The monoisotopic (exact) mass is 292 g/mol. The number of hydrogen-bond acceptors (Lipinski definition) is 4. The maximum atomic E-state index is 11.9. The Morgan fingerprint density at radius 2 is 2.14 bits per heavy atom. The molecule has 1 fully saturated rings. The summed E-state index contributed by atoms with van der Waals surface area (Å²) in [5, 5.41) is 12.8. The van der Waals surface area contributed by atoms with Crippen molar-refractivity contribution >= 4 is 11.8 Å². The molecule has 21 heavy (non-hydrogen) atoms. The SMILES string of the molecule is CC(C)COC(=O)N1CCC(Nc2cccc(O)c2)CC1. The third-order valence-corrected chi connectivity index (χ3v) is 3.51. The number of hydrogen-bond donors (Lipinski definition) is 2. The summed E-state index contributed by atoms with van der Waals surface area (Å²) < 4.78 is 5.25. The van der Waals surface area contributed by atoms with Crippen molar-refractivity contribution in [2.75, 3.05) is 25.0 Å². The number of anilines is 1. The lowest BCUT2D eigenvalue weighted by molar-refractivity contribution is 0.0845. The van der Waals surface area contributed by atoms with Crippen LogP contribution in [0.1, 0.15) is 26.7 Å². The number of phenolic OH excluding ortho intramolecular Hbond substituents is 1. The average Bonchev–Trinajstić information content (AvgIpc) is 2.45. The van der Waals surface area contributed by atoms with Gasteiger partial charge in [0.15, 0.2) is 0 Å². The van der Waals surface area contributed by atoms with Crippen molar-refractivity contribution in [1.82, 2.24) is 4.90 Å². The second-order valence-corrected chi connectivity index (χ2v) is 5.93. The van der Waals surface area contributed by atoms with Crippen LogP contribution in [-0.2, 0) is 4.74 Å². The molecule has 1 aromatic rings. The fourth-order valence-corrected chi connectivity index (χ4v) is 2.37. The van der Waals surface area contributed by atoms with Gasteiger partial charge >= 0.3 is 6.09 Å². The van der Waals surface area contributed by atoms with E-state index in [0.29, 0.717) is 31.7 Å². The van der Waals surface area contributed by atoms with E-state index in [1.807, 2.05) is 26.0 Å². The summed E-state index contributed by atoms with van der Waals surface area (Å²) in [6, 6.07) is 7.43. The highest BCUT2D eigenvalue weighted by atomic mass is 16.6. The zero-order valence-corrected chi connectivity index (χ0v) is 12.7. The number of carbonyl (C=O) groups is 1. The Balaban J connectivity index is 1.76. The summed E-state index contributed by atoms with van der Waals surface area (Å²) in [6.45, 7) is 5.93. The molecule has 5 nitrogen and oxygen atoms in total. The Morgan fingerprint density at radius 1 is 1.43 bits per heavy atom. The van der Waals surface area contributed by atoms with Crippen molar-refractivity contribution in [2.24, 2.45) is 5.92 Å². The zero-order valence-electron chi connectivity index (χ0n) is 12.7. The van der Waals surface area contributed by atoms with Crippen LogP contribution in [0.25, 0.3) is 0 Å². The van der Waals surface area contributed by atoms with Gasteiger partial charge in [-0.2, -0.15) is 0 Å². The van der Waals surface area contributed by atoms with Gasteiger partial charge in [-0.1, -0.05) is 19.9 Å². The molecule has 1 aliphatic heterocycles. The Labute approximate surface area is 125 Å². The molecular formula is C16H24N2O3. The molecule has 1 aromatic carbocycles. The van der Waals surface area contributed by atoms with Crippen LogP contribution in [0, 0.1) is 5.92 Å². The topological polar surface area (TPSA) is 61.8 Å². The minimum absolute atomic E-state index is 0.209. The highest BCUT2D eigenvalue weighted by Gasteiger charge is 2.23. The largest absolute Gasteiger partial charge is 0.508 e. The number of benzene rings is 1. The molecule has 0 unspecified atom stereocenters. The van der Waals surface area contributed by atoms with Gasteiger partial charge < -0.3 is 20.1 Å². The normalized spacial score (nSPS) is 16.0. The number of likely N-dealkylation sites (tertiary alicyclic amines) is 1. The number of amides is 1. The highest BCUT2D eigenvalue weighted by Crippen LogP contribution is 2.20. The Morgan fingerprint density at radius 3 is 2.76 bits per heavy atom. The van der Waals surface area contributed by atoms with Crippen molar-refractivity contribution in [1.29, 1.82) is 0 Å². The molecular weight excluding hydrogens is 268 g/mol. The van der Waals surface area contributed by atoms with Gasteiger partial charge in [-0.15, -0.1) is 0 Å². The first-order valence-corrected chi connectivity index (χ1v) is 7.52. The van der Waals surface area contributed by atoms with Crippen LogP contribution in [0.2, 0.25) is 0 Å². The molecule has 0 atom stereocenters. The summed E-state index contributed by atoms with van der Waals surface area (Å²) in [5.74, 6) is 0.619. The lowest BCUT2D eigenvalue weighted by atomic mass is 10.1. The molecule has 0 bridgehead atoms. The quantitative estimate of drug-likeness (QED) is 0.895. The van der Waals surface area contributed by atoms with Crippen LogP contribution >= 0.6 is 0 Å². The van der Waals surface area contributed by atoms with Crippen molar-refractivity contribution in [3.63, 3.8) is 0 Å². The van der Waals surface area contributed by atoms with E-state index in [0.717, 1.165) is 18.5 Å². The molecule has 0 saturated carbocycles. The van der Waals surface area contributed by atoms with E-state index in [4.69, 9.17) is 4.74 Å². The average molecular weight is 292 g/mol. The maximum absolute atomic E-state index is 11.9. The number of phenols is 1. The summed E-state index contributed by atoms with van der Waals surface area (Å²) in [5.41, 5.74) is 0.913. The number of carbonyl (C=O) groups excluding carboxylic acids is 1. The Bertz CT molecular complexity index is 468. The third kappa shape index (κ3) is 4.85. The molecule has 1 aliphatic rings. The van der Waals surface area contributed by atoms with Gasteiger partial charge in [0.25, 0.3) is 0 Å². The van der Waals surface area contributed by atoms with Gasteiger partial charge in [0.2, 0.25) is 0 Å². The molecule has 1 saturated heterocycles. The molecule has 0 radical (unpaired) electrons. The molecule has 2 N–H and O–H groups in total. The minimum atomic E-state index is -0.209. The zero-order chi connectivity index (χ0) is 15.2. The summed E-state index contributed by atoms with van der Waals surface area (Å²) in [7, 11) is 0. The number of aromatic hydroxyl groups is 1. The first-order chi connectivity index (χ1) is 10.0. The van der Waals surface area contributed by atoms with Crippen molar-refractivity contribution in [3.05, 3.63) is 24.3 Å². The Kier molecular flexibility index (Phi) is 5.31. The van der Waals surface area contributed by atoms with Gasteiger partial charge in [-0.05, 0) is 30.9 Å². The number of nitrogens with zero attached hydrogens (tertiary/aromatic N) is 1. The van der Waals surface area contributed by atoms with Gasteiger partial charge in [0.05, 0.1) is 6.61 Å². The van der Waals surface area contributed by atoms with Crippen LogP contribution in [0.5, 0.6) is 5.75 Å². The maximum Gasteiger partial charge on any atom is 0.409 e. The number of piperidine rings is 1. The second-order valence-electron chi connectivity index (χ2n) is 5.93. The van der Waals surface area contributed by atoms with Gasteiger partial charge in [-0.3, -0.25) is 0 Å². The van der Waals surface area contributed by atoms with Crippen LogP contribution in [0.4, 0.5) is 10.5 Å². The first kappa shape index (κ1) is 15.5. The van der Waals surface area contributed by atoms with E-state index in [1.165, 1.54) is 0 Å². The fraction of sp³-hybridized carbons (Fsp3) is 0.562.